The number of benzene rings is 1. The lowest BCUT2D eigenvalue weighted by atomic mass is 10.1. The third-order valence-corrected chi connectivity index (χ3v) is 2.15. The average Bonchev–Trinajstić information content (AvgIpc) is 2.10. The SMILES string of the molecule is O=C(O)CC(Cl)Cc1ccc(F)c(F)c1. The monoisotopic (exact) mass is 234 g/mol. The van der Waals surface area contributed by atoms with E-state index in [-0.39, 0.29) is 12.8 Å². The van der Waals surface area contributed by atoms with Crippen molar-refractivity contribution in [2.75, 3.05) is 0 Å². The highest BCUT2D eigenvalue weighted by Crippen LogP contribution is 2.14. The van der Waals surface area contributed by atoms with Gasteiger partial charge in [-0.1, -0.05) is 6.07 Å². The van der Waals surface area contributed by atoms with E-state index in [9.17, 15) is 13.6 Å². The summed E-state index contributed by atoms with van der Waals surface area (Å²) in [6.45, 7) is 0. The number of carboxylic acids is 1. The van der Waals surface area contributed by atoms with Gasteiger partial charge in [-0.15, -0.1) is 11.6 Å². The van der Waals surface area contributed by atoms with Gasteiger partial charge in [-0.05, 0) is 24.1 Å². The molecule has 0 amide bonds. The molecule has 2 nitrogen and oxygen atoms in total. The van der Waals surface area contributed by atoms with Crippen molar-refractivity contribution >= 4 is 17.6 Å². The van der Waals surface area contributed by atoms with E-state index < -0.39 is 23.0 Å². The van der Waals surface area contributed by atoms with Gasteiger partial charge in [-0.25, -0.2) is 8.78 Å². The molecule has 0 radical (unpaired) electrons. The van der Waals surface area contributed by atoms with Gasteiger partial charge >= 0.3 is 5.97 Å². The fourth-order valence-electron chi connectivity index (χ4n) is 1.18. The molecule has 1 aromatic carbocycles. The van der Waals surface area contributed by atoms with E-state index >= 15 is 0 Å². The molecule has 15 heavy (non-hydrogen) atoms. The minimum atomic E-state index is -1.02. The lowest BCUT2D eigenvalue weighted by Crippen LogP contribution is -2.10. The molecule has 0 saturated carbocycles. The van der Waals surface area contributed by atoms with Crippen LogP contribution in [0.3, 0.4) is 0 Å². The summed E-state index contributed by atoms with van der Waals surface area (Å²) in [4.78, 5) is 10.3. The lowest BCUT2D eigenvalue weighted by molar-refractivity contribution is -0.137. The molecule has 0 bridgehead atoms. The Labute approximate surface area is 90.5 Å². The Morgan fingerprint density at radius 1 is 1.40 bits per heavy atom. The van der Waals surface area contributed by atoms with Crippen molar-refractivity contribution in [2.24, 2.45) is 0 Å². The van der Waals surface area contributed by atoms with Crippen molar-refractivity contribution in [1.82, 2.24) is 0 Å². The minimum Gasteiger partial charge on any atom is -0.481 e. The molecule has 1 atom stereocenters. The van der Waals surface area contributed by atoms with Crippen LogP contribution in [0.25, 0.3) is 0 Å². The first-order chi connectivity index (χ1) is 6.99. The van der Waals surface area contributed by atoms with Gasteiger partial charge in [0.1, 0.15) is 0 Å². The minimum absolute atomic E-state index is 0.199. The molecule has 0 spiro atoms. The van der Waals surface area contributed by atoms with Crippen LogP contribution < -0.4 is 0 Å². The normalized spacial score (nSPS) is 12.5. The van der Waals surface area contributed by atoms with Crippen LogP contribution in [0, 0.1) is 11.6 Å². The Kier molecular flexibility index (Phi) is 4.03. The van der Waals surface area contributed by atoms with Crippen molar-refractivity contribution < 1.29 is 18.7 Å². The highest BCUT2D eigenvalue weighted by molar-refractivity contribution is 6.21. The van der Waals surface area contributed by atoms with Gasteiger partial charge in [-0.2, -0.15) is 0 Å². The molecule has 1 aromatic rings. The van der Waals surface area contributed by atoms with Gasteiger partial charge in [0.15, 0.2) is 11.6 Å². The molecule has 0 aliphatic carbocycles. The molecule has 0 aliphatic heterocycles. The molecular formula is C10H9ClF2O2. The highest BCUT2D eigenvalue weighted by atomic mass is 35.5. The smallest absolute Gasteiger partial charge is 0.304 e. The van der Waals surface area contributed by atoms with E-state index in [1.165, 1.54) is 6.07 Å². The van der Waals surface area contributed by atoms with Crippen molar-refractivity contribution in [2.45, 2.75) is 18.2 Å². The van der Waals surface area contributed by atoms with E-state index in [0.29, 0.717) is 5.56 Å². The summed E-state index contributed by atoms with van der Waals surface area (Å²) in [7, 11) is 0. The first-order valence-corrected chi connectivity index (χ1v) is 4.72. The Morgan fingerprint density at radius 3 is 2.60 bits per heavy atom. The highest BCUT2D eigenvalue weighted by Gasteiger charge is 2.11. The Morgan fingerprint density at radius 2 is 2.07 bits per heavy atom. The number of carboxylic acid groups (broad SMARTS) is 1. The maximum absolute atomic E-state index is 12.8. The average molecular weight is 235 g/mol. The summed E-state index contributed by atoms with van der Waals surface area (Å²) in [5.41, 5.74) is 0.482. The van der Waals surface area contributed by atoms with Crippen LogP contribution in [0.1, 0.15) is 12.0 Å². The molecule has 1 unspecified atom stereocenters. The molecule has 0 heterocycles. The van der Waals surface area contributed by atoms with E-state index in [1.807, 2.05) is 0 Å². The second-order valence-corrected chi connectivity index (χ2v) is 3.76. The standard InChI is InChI=1S/C10H9ClF2O2/c11-7(5-10(14)15)3-6-1-2-8(12)9(13)4-6/h1-2,4,7H,3,5H2,(H,14,15). The van der Waals surface area contributed by atoms with Gasteiger partial charge in [0, 0.05) is 5.38 Å². The van der Waals surface area contributed by atoms with E-state index in [4.69, 9.17) is 16.7 Å². The van der Waals surface area contributed by atoms with E-state index in [0.717, 1.165) is 12.1 Å². The summed E-state index contributed by atoms with van der Waals surface area (Å²) in [5.74, 6) is -2.90. The maximum Gasteiger partial charge on any atom is 0.304 e. The van der Waals surface area contributed by atoms with Crippen LogP contribution in [0.5, 0.6) is 0 Å². The third-order valence-electron chi connectivity index (χ3n) is 1.84. The molecular weight excluding hydrogens is 226 g/mol. The largest absolute Gasteiger partial charge is 0.481 e. The predicted octanol–water partition coefficient (Wildman–Crippen LogP) is 2.59. The zero-order valence-corrected chi connectivity index (χ0v) is 8.47. The van der Waals surface area contributed by atoms with Crippen LogP contribution in [0.15, 0.2) is 18.2 Å². The van der Waals surface area contributed by atoms with Crippen molar-refractivity contribution in [3.05, 3.63) is 35.4 Å². The van der Waals surface area contributed by atoms with E-state index in [1.54, 1.807) is 0 Å². The summed E-state index contributed by atoms with van der Waals surface area (Å²) in [6.07, 6.45) is -0.00833. The Bertz CT molecular complexity index is 368. The van der Waals surface area contributed by atoms with Crippen LogP contribution in [-0.2, 0) is 11.2 Å². The zero-order valence-electron chi connectivity index (χ0n) is 7.71. The Balaban J connectivity index is 2.64. The fraction of sp³-hybridized carbons (Fsp3) is 0.300. The number of alkyl halides is 1. The van der Waals surface area contributed by atoms with Crippen LogP contribution in [-0.4, -0.2) is 16.5 Å². The molecule has 1 rings (SSSR count). The quantitative estimate of drug-likeness (QED) is 0.813. The molecule has 0 aliphatic rings. The van der Waals surface area contributed by atoms with Crippen molar-refractivity contribution in [3.8, 4) is 0 Å². The van der Waals surface area contributed by atoms with Crippen LogP contribution in [0.2, 0.25) is 0 Å². The van der Waals surface area contributed by atoms with Gasteiger partial charge in [0.25, 0.3) is 0 Å². The third kappa shape index (κ3) is 3.83. The number of carbonyl (C=O) groups is 1. The Hall–Kier alpha value is -1.16. The molecule has 1 N–H and O–H groups in total. The van der Waals surface area contributed by atoms with E-state index in [2.05, 4.69) is 0 Å². The summed E-state index contributed by atoms with van der Waals surface area (Å²) in [5, 5.41) is 7.82. The molecule has 0 saturated heterocycles. The number of rotatable bonds is 4. The number of hydrogen-bond acceptors (Lipinski definition) is 1. The molecule has 0 fully saturated rings. The summed E-state index contributed by atoms with van der Waals surface area (Å²) < 4.78 is 25.3. The summed E-state index contributed by atoms with van der Waals surface area (Å²) in [6, 6.07) is 3.40. The number of halogens is 3. The topological polar surface area (TPSA) is 37.3 Å². The second-order valence-electron chi connectivity index (χ2n) is 3.15. The molecule has 5 heteroatoms. The van der Waals surface area contributed by atoms with Gasteiger partial charge in [-0.3, -0.25) is 4.79 Å². The van der Waals surface area contributed by atoms with Crippen molar-refractivity contribution in [3.63, 3.8) is 0 Å². The lowest BCUT2D eigenvalue weighted by Gasteiger charge is -2.06. The van der Waals surface area contributed by atoms with Gasteiger partial charge < -0.3 is 5.11 Å². The number of hydrogen-bond donors (Lipinski definition) is 1. The predicted molar refractivity (Wildman–Crippen MR) is 52.0 cm³/mol. The van der Waals surface area contributed by atoms with Gasteiger partial charge in [0.05, 0.1) is 6.42 Å². The van der Waals surface area contributed by atoms with Gasteiger partial charge in [0.2, 0.25) is 0 Å². The number of aliphatic carboxylic acids is 1. The summed E-state index contributed by atoms with van der Waals surface area (Å²) >= 11 is 5.71. The molecule has 82 valence electrons. The maximum atomic E-state index is 12.8. The first-order valence-electron chi connectivity index (χ1n) is 4.29. The van der Waals surface area contributed by atoms with Crippen LogP contribution in [0.4, 0.5) is 8.78 Å². The zero-order chi connectivity index (χ0) is 11.4. The van der Waals surface area contributed by atoms with Crippen molar-refractivity contribution in [1.29, 1.82) is 0 Å². The fourth-order valence-corrected chi connectivity index (χ4v) is 1.49. The second kappa shape index (κ2) is 5.07. The first kappa shape index (κ1) is 11.9. The van der Waals surface area contributed by atoms with Crippen LogP contribution >= 0.6 is 11.6 Å². The molecule has 0 aromatic heterocycles.